The predicted molar refractivity (Wildman–Crippen MR) is 69.2 cm³/mol. The molecule has 2 unspecified atom stereocenters. The van der Waals surface area contributed by atoms with Gasteiger partial charge in [0.2, 0.25) is 0 Å². The molecule has 17 heavy (non-hydrogen) atoms. The topological polar surface area (TPSA) is 27.1 Å². The first-order valence-electron chi connectivity index (χ1n) is 6.39. The van der Waals surface area contributed by atoms with Crippen LogP contribution in [0.2, 0.25) is 5.15 Å². The molecule has 0 amide bonds. The van der Waals surface area contributed by atoms with Gasteiger partial charge in [0.15, 0.2) is 0 Å². The maximum absolute atomic E-state index is 6.19. The molecule has 1 aromatic heterocycles. The Balaban J connectivity index is 1.97. The van der Waals surface area contributed by atoms with Crippen LogP contribution in [0.1, 0.15) is 43.9 Å². The van der Waals surface area contributed by atoms with Gasteiger partial charge in [-0.3, -0.25) is 4.68 Å². The summed E-state index contributed by atoms with van der Waals surface area (Å²) in [5.74, 6) is 0.666. The zero-order valence-electron chi connectivity index (χ0n) is 10.9. The molecule has 2 rings (SSSR count). The van der Waals surface area contributed by atoms with Gasteiger partial charge in [0, 0.05) is 12.6 Å². The Morgan fingerprint density at radius 1 is 1.41 bits per heavy atom. The Kier molecular flexibility index (Phi) is 4.10. The quantitative estimate of drug-likeness (QED) is 0.828. The van der Waals surface area contributed by atoms with Gasteiger partial charge in [-0.1, -0.05) is 31.4 Å². The lowest BCUT2D eigenvalue weighted by Gasteiger charge is -2.28. The molecule has 0 bridgehead atoms. The van der Waals surface area contributed by atoms with Crippen LogP contribution >= 0.6 is 11.6 Å². The second-order valence-electron chi connectivity index (χ2n) is 5.09. The van der Waals surface area contributed by atoms with Crippen molar-refractivity contribution in [1.29, 1.82) is 0 Å². The van der Waals surface area contributed by atoms with E-state index in [-0.39, 0.29) is 0 Å². The number of hydrogen-bond donors (Lipinski definition) is 0. The molecule has 1 aliphatic rings. The third kappa shape index (κ3) is 2.83. The van der Waals surface area contributed by atoms with Gasteiger partial charge in [-0.2, -0.15) is 5.10 Å². The molecule has 1 aliphatic carbocycles. The third-order valence-electron chi connectivity index (χ3n) is 3.74. The zero-order valence-corrected chi connectivity index (χ0v) is 11.6. The highest BCUT2D eigenvalue weighted by molar-refractivity contribution is 6.30. The standard InChI is InChI=1S/C13H21ClN2O/c1-9-6-4-5-7-12(9)17-8-11-10(2)15-16(3)13(11)14/h9,12H,4-8H2,1-3H3. The molecule has 2 atom stereocenters. The fourth-order valence-electron chi connectivity index (χ4n) is 2.56. The summed E-state index contributed by atoms with van der Waals surface area (Å²) in [7, 11) is 1.86. The van der Waals surface area contributed by atoms with E-state index in [1.807, 2.05) is 14.0 Å². The maximum atomic E-state index is 6.19. The van der Waals surface area contributed by atoms with E-state index in [4.69, 9.17) is 16.3 Å². The molecule has 0 spiro atoms. The van der Waals surface area contributed by atoms with Crippen LogP contribution in [0.5, 0.6) is 0 Å². The van der Waals surface area contributed by atoms with E-state index in [2.05, 4.69) is 12.0 Å². The molecule has 1 heterocycles. The van der Waals surface area contributed by atoms with Crippen molar-refractivity contribution in [3.8, 4) is 0 Å². The predicted octanol–water partition coefficient (Wildman–Crippen LogP) is 3.48. The van der Waals surface area contributed by atoms with Crippen molar-refractivity contribution < 1.29 is 4.74 Å². The number of halogens is 1. The number of ether oxygens (including phenoxy) is 1. The normalized spacial score (nSPS) is 25.2. The van der Waals surface area contributed by atoms with Gasteiger partial charge < -0.3 is 4.74 Å². The van der Waals surface area contributed by atoms with E-state index >= 15 is 0 Å². The van der Waals surface area contributed by atoms with Gasteiger partial charge in [0.1, 0.15) is 5.15 Å². The summed E-state index contributed by atoms with van der Waals surface area (Å²) in [5, 5.41) is 5.00. The van der Waals surface area contributed by atoms with Gasteiger partial charge >= 0.3 is 0 Å². The average molecular weight is 257 g/mol. The second kappa shape index (κ2) is 5.40. The molecule has 1 aromatic rings. The lowest BCUT2D eigenvalue weighted by atomic mass is 9.88. The van der Waals surface area contributed by atoms with E-state index in [0.717, 1.165) is 11.3 Å². The maximum Gasteiger partial charge on any atom is 0.132 e. The van der Waals surface area contributed by atoms with Crippen LogP contribution in [0.15, 0.2) is 0 Å². The van der Waals surface area contributed by atoms with Crippen molar-refractivity contribution in [2.75, 3.05) is 0 Å². The Bertz CT molecular complexity index is 389. The highest BCUT2D eigenvalue weighted by Crippen LogP contribution is 2.28. The molecule has 1 saturated carbocycles. The van der Waals surface area contributed by atoms with Gasteiger partial charge in [-0.05, 0) is 25.7 Å². The van der Waals surface area contributed by atoms with Crippen LogP contribution < -0.4 is 0 Å². The van der Waals surface area contributed by atoms with E-state index in [0.29, 0.717) is 23.8 Å². The molecule has 96 valence electrons. The number of aryl methyl sites for hydroxylation is 2. The van der Waals surface area contributed by atoms with Gasteiger partial charge in [0.05, 0.1) is 18.4 Å². The Labute approximate surface area is 108 Å². The molecule has 0 aliphatic heterocycles. The summed E-state index contributed by atoms with van der Waals surface area (Å²) in [6.45, 7) is 4.85. The Morgan fingerprint density at radius 2 is 2.12 bits per heavy atom. The molecular weight excluding hydrogens is 236 g/mol. The van der Waals surface area contributed by atoms with Crippen molar-refractivity contribution in [3.05, 3.63) is 16.4 Å². The molecule has 3 nitrogen and oxygen atoms in total. The van der Waals surface area contributed by atoms with Gasteiger partial charge in [-0.15, -0.1) is 0 Å². The number of nitrogens with zero attached hydrogens (tertiary/aromatic N) is 2. The smallest absolute Gasteiger partial charge is 0.132 e. The Hall–Kier alpha value is -0.540. The highest BCUT2D eigenvalue weighted by atomic mass is 35.5. The summed E-state index contributed by atoms with van der Waals surface area (Å²) in [5.41, 5.74) is 2.01. The number of aromatic nitrogens is 2. The van der Waals surface area contributed by atoms with Crippen molar-refractivity contribution in [3.63, 3.8) is 0 Å². The Morgan fingerprint density at radius 3 is 2.71 bits per heavy atom. The summed E-state index contributed by atoms with van der Waals surface area (Å²) in [6, 6.07) is 0. The van der Waals surface area contributed by atoms with E-state index in [9.17, 15) is 0 Å². The molecular formula is C13H21ClN2O. The van der Waals surface area contributed by atoms with Gasteiger partial charge in [-0.25, -0.2) is 0 Å². The first-order valence-corrected chi connectivity index (χ1v) is 6.77. The average Bonchev–Trinajstić information content (AvgIpc) is 2.53. The van der Waals surface area contributed by atoms with E-state index in [1.54, 1.807) is 4.68 Å². The largest absolute Gasteiger partial charge is 0.373 e. The van der Waals surface area contributed by atoms with Crippen molar-refractivity contribution in [2.24, 2.45) is 13.0 Å². The SMILES string of the molecule is Cc1nn(C)c(Cl)c1COC1CCCCC1C. The van der Waals surface area contributed by atoms with Crippen LogP contribution in [0.3, 0.4) is 0 Å². The summed E-state index contributed by atoms with van der Waals surface area (Å²) in [4.78, 5) is 0. The minimum absolute atomic E-state index is 0.388. The first-order chi connectivity index (χ1) is 8.09. The second-order valence-corrected chi connectivity index (χ2v) is 5.45. The monoisotopic (exact) mass is 256 g/mol. The zero-order chi connectivity index (χ0) is 12.4. The fourth-order valence-corrected chi connectivity index (χ4v) is 2.79. The molecule has 0 N–H and O–H groups in total. The molecule has 0 radical (unpaired) electrons. The lowest BCUT2D eigenvalue weighted by molar-refractivity contribution is -0.0156. The first kappa shape index (κ1) is 12.9. The van der Waals surface area contributed by atoms with Gasteiger partial charge in [0.25, 0.3) is 0 Å². The molecule has 1 fully saturated rings. The van der Waals surface area contributed by atoms with Crippen molar-refractivity contribution in [2.45, 2.75) is 52.2 Å². The summed E-state index contributed by atoms with van der Waals surface area (Å²) >= 11 is 6.19. The minimum Gasteiger partial charge on any atom is -0.373 e. The van der Waals surface area contributed by atoms with E-state index < -0.39 is 0 Å². The number of rotatable bonds is 3. The van der Waals surface area contributed by atoms with E-state index in [1.165, 1.54) is 25.7 Å². The fraction of sp³-hybridized carbons (Fsp3) is 0.769. The minimum atomic E-state index is 0.388. The molecule has 0 saturated heterocycles. The van der Waals surface area contributed by atoms with Crippen molar-refractivity contribution in [1.82, 2.24) is 9.78 Å². The van der Waals surface area contributed by atoms with Crippen LogP contribution in [0.25, 0.3) is 0 Å². The summed E-state index contributed by atoms with van der Waals surface area (Å²) < 4.78 is 7.73. The van der Waals surface area contributed by atoms with Crippen LogP contribution in [-0.4, -0.2) is 15.9 Å². The van der Waals surface area contributed by atoms with Crippen LogP contribution in [0.4, 0.5) is 0 Å². The highest BCUT2D eigenvalue weighted by Gasteiger charge is 2.23. The number of hydrogen-bond acceptors (Lipinski definition) is 2. The molecule has 0 aromatic carbocycles. The summed E-state index contributed by atoms with van der Waals surface area (Å²) in [6.07, 6.45) is 5.48. The third-order valence-corrected chi connectivity index (χ3v) is 4.22. The van der Waals surface area contributed by atoms with Crippen LogP contribution in [0, 0.1) is 12.8 Å². The van der Waals surface area contributed by atoms with Crippen molar-refractivity contribution >= 4 is 11.6 Å². The van der Waals surface area contributed by atoms with Crippen LogP contribution in [-0.2, 0) is 18.4 Å². The lowest BCUT2D eigenvalue weighted by Crippen LogP contribution is -2.25. The molecule has 4 heteroatoms.